The second-order valence-electron chi connectivity index (χ2n) is 16.0. The Morgan fingerprint density at radius 3 is 1.90 bits per heavy atom. The number of carbonyl (C=O) groups is 7. The summed E-state index contributed by atoms with van der Waals surface area (Å²) in [5.41, 5.74) is 1.88. The van der Waals surface area contributed by atoms with Gasteiger partial charge in [-0.2, -0.15) is 0 Å². The van der Waals surface area contributed by atoms with Gasteiger partial charge in [-0.15, -0.1) is 0 Å². The third kappa shape index (κ3) is 11.5. The van der Waals surface area contributed by atoms with E-state index < -0.39 is 77.7 Å². The molecule has 0 aliphatic carbocycles. The molecule has 6 unspecified atom stereocenters. The lowest BCUT2D eigenvalue weighted by Crippen LogP contribution is -2.61. The highest BCUT2D eigenvalue weighted by Crippen LogP contribution is 2.34. The molecule has 3 aliphatic rings. The van der Waals surface area contributed by atoms with Crippen molar-refractivity contribution in [3.05, 3.63) is 83.4 Å². The molecule has 0 saturated carbocycles. The Kier molecular flexibility index (Phi) is 15.7. The van der Waals surface area contributed by atoms with Crippen molar-refractivity contribution in [2.75, 3.05) is 28.3 Å². The lowest BCUT2D eigenvalue weighted by Gasteiger charge is -2.36. The number of benzene rings is 3. The van der Waals surface area contributed by atoms with Crippen LogP contribution in [0.3, 0.4) is 0 Å². The zero-order chi connectivity index (χ0) is 45.2. The van der Waals surface area contributed by atoms with Gasteiger partial charge in [-0.25, -0.2) is 0 Å². The highest BCUT2D eigenvalue weighted by atomic mass is 16.6. The van der Waals surface area contributed by atoms with Gasteiger partial charge >= 0.3 is 5.97 Å². The van der Waals surface area contributed by atoms with E-state index in [-0.39, 0.29) is 37.2 Å². The van der Waals surface area contributed by atoms with E-state index in [1.54, 1.807) is 66.7 Å². The van der Waals surface area contributed by atoms with Crippen LogP contribution < -0.4 is 30.2 Å². The average Bonchev–Trinajstić information content (AvgIpc) is 3.25. The summed E-state index contributed by atoms with van der Waals surface area (Å²) in [5.74, 6) is -2.78. The van der Waals surface area contributed by atoms with Crippen molar-refractivity contribution in [2.45, 2.75) is 109 Å². The number of likely N-dealkylation sites (N-methyl/N-ethyl adjacent to an activating group) is 3. The number of rotatable bonds is 8. The molecule has 3 N–H and O–H groups in total. The normalized spacial score (nSPS) is 23.1. The van der Waals surface area contributed by atoms with Gasteiger partial charge in [0.15, 0.2) is 11.5 Å². The Bertz CT molecular complexity index is 2130. The van der Waals surface area contributed by atoms with Gasteiger partial charge in [0.05, 0.1) is 7.11 Å². The summed E-state index contributed by atoms with van der Waals surface area (Å²) < 4.78 is 17.3. The summed E-state index contributed by atoms with van der Waals surface area (Å²) in [6, 6.07) is 11.7. The van der Waals surface area contributed by atoms with Crippen molar-refractivity contribution in [3.8, 4) is 23.0 Å². The van der Waals surface area contributed by atoms with Crippen molar-refractivity contribution in [2.24, 2.45) is 0 Å². The Hall–Kier alpha value is -6.45. The molecule has 6 amide bonds. The van der Waals surface area contributed by atoms with Gasteiger partial charge in [0.2, 0.25) is 35.4 Å². The highest BCUT2D eigenvalue weighted by molar-refractivity contribution is 5.98. The second-order valence-corrected chi connectivity index (χ2v) is 16.0. The Balaban J connectivity index is 1.56. The number of hydrogen-bond donors (Lipinski definition) is 3. The molecular formula is C46H58N6O10. The number of hydrogen-bond acceptors (Lipinski definition) is 10. The molecule has 6 bridgehead atoms. The molecule has 6 rings (SSSR count). The number of carbonyl (C=O) groups excluding carboxylic acids is 7. The van der Waals surface area contributed by atoms with Gasteiger partial charge in [-0.05, 0) is 80.3 Å². The molecule has 6 atom stereocenters. The average molecular weight is 855 g/mol. The number of nitrogens with one attached hydrogen (secondary N) is 3. The van der Waals surface area contributed by atoms with Crippen LogP contribution in [0.4, 0.5) is 0 Å². The monoisotopic (exact) mass is 854 g/mol. The molecule has 3 heterocycles. The summed E-state index contributed by atoms with van der Waals surface area (Å²) >= 11 is 0. The van der Waals surface area contributed by atoms with Crippen LogP contribution in [-0.2, 0) is 52.8 Å². The minimum Gasteiger partial charge on any atom is -0.497 e. The van der Waals surface area contributed by atoms with E-state index in [1.807, 2.05) is 6.92 Å². The summed E-state index contributed by atoms with van der Waals surface area (Å²) in [5, 5.41) is 8.13. The summed E-state index contributed by atoms with van der Waals surface area (Å²) in [6.07, 6.45) is 2.71. The Labute approximate surface area is 362 Å². The van der Waals surface area contributed by atoms with Crippen molar-refractivity contribution in [1.82, 2.24) is 30.7 Å². The maximum absolute atomic E-state index is 14.8. The van der Waals surface area contributed by atoms with Gasteiger partial charge in [0, 0.05) is 46.8 Å². The van der Waals surface area contributed by atoms with Crippen LogP contribution in [0.1, 0.15) is 70.1 Å². The predicted molar refractivity (Wildman–Crippen MR) is 229 cm³/mol. The number of ether oxygens (including phenoxy) is 3. The fourth-order valence-electron chi connectivity index (χ4n) is 7.44. The van der Waals surface area contributed by atoms with E-state index in [4.69, 9.17) is 14.2 Å². The molecule has 16 heteroatoms. The van der Waals surface area contributed by atoms with E-state index in [0.717, 1.165) is 12.8 Å². The van der Waals surface area contributed by atoms with Gasteiger partial charge in [0.25, 0.3) is 0 Å². The topological polar surface area (TPSA) is 193 Å². The minimum atomic E-state index is -1.23. The van der Waals surface area contributed by atoms with Crippen LogP contribution in [0, 0.1) is 0 Å². The van der Waals surface area contributed by atoms with Crippen molar-refractivity contribution >= 4 is 41.4 Å². The fraction of sp³-hybridized carbons (Fsp3) is 0.457. The largest absolute Gasteiger partial charge is 0.497 e. The molecule has 0 aromatic heterocycles. The van der Waals surface area contributed by atoms with Crippen LogP contribution in [0.25, 0.3) is 0 Å². The van der Waals surface area contributed by atoms with Crippen molar-refractivity contribution in [1.29, 1.82) is 0 Å². The molecular weight excluding hydrogens is 797 g/mol. The standard InChI is InChI=1S/C46H58N6O10/c1-9-10-11-12-40(53)62-38-22-17-32-25-36-42(55)47-27(2)41(54)48-28(3)44(57)50(5)35(23-30-13-18-33(60-8)19-14-30)43(56)49-29(4)45(58)52(7)37(46(59)51(36)6)24-31-15-20-34(21-16-31)61-39(38)26-32/h13-22,26-29,35-37H,9-12,23-25H2,1-8H3,(H,47,55)(H,48,54)(H,49,56). The molecule has 0 radical (unpaired) electrons. The first-order valence-corrected chi connectivity index (χ1v) is 21.0. The fourth-order valence-corrected chi connectivity index (χ4v) is 7.44. The van der Waals surface area contributed by atoms with Crippen LogP contribution in [-0.4, -0.2) is 121 Å². The van der Waals surface area contributed by atoms with Crippen LogP contribution in [0.15, 0.2) is 66.7 Å². The molecule has 16 nitrogen and oxygen atoms in total. The Morgan fingerprint density at radius 2 is 1.26 bits per heavy atom. The maximum atomic E-state index is 14.8. The van der Waals surface area contributed by atoms with Gasteiger partial charge in [0.1, 0.15) is 47.8 Å². The summed E-state index contributed by atoms with van der Waals surface area (Å²) in [6.45, 7) is 6.45. The maximum Gasteiger partial charge on any atom is 0.311 e. The Morgan fingerprint density at radius 1 is 0.677 bits per heavy atom. The molecule has 3 aliphatic heterocycles. The third-order valence-electron chi connectivity index (χ3n) is 11.4. The molecule has 332 valence electrons. The number of esters is 1. The van der Waals surface area contributed by atoms with E-state index in [0.29, 0.717) is 34.6 Å². The molecule has 3 aromatic rings. The number of amides is 6. The van der Waals surface area contributed by atoms with Gasteiger partial charge in [-0.3, -0.25) is 33.6 Å². The van der Waals surface area contributed by atoms with Crippen LogP contribution >= 0.6 is 0 Å². The first-order valence-electron chi connectivity index (χ1n) is 21.0. The first kappa shape index (κ1) is 46.6. The molecule has 0 spiro atoms. The number of methoxy groups -OCH3 is 1. The van der Waals surface area contributed by atoms with Gasteiger partial charge in [-0.1, -0.05) is 50.1 Å². The van der Waals surface area contributed by atoms with E-state index in [9.17, 15) is 33.6 Å². The smallest absolute Gasteiger partial charge is 0.311 e. The van der Waals surface area contributed by atoms with Gasteiger partial charge < -0.3 is 44.9 Å². The number of unbranched alkanes of at least 4 members (excludes halogenated alkanes) is 2. The second kappa shape index (κ2) is 20.9. The predicted octanol–water partition coefficient (Wildman–Crippen LogP) is 3.32. The first-order chi connectivity index (χ1) is 29.5. The van der Waals surface area contributed by atoms with E-state index in [1.165, 1.54) is 63.7 Å². The quantitative estimate of drug-likeness (QED) is 0.172. The number of nitrogens with zero attached hydrogens (tertiary/aromatic N) is 3. The minimum absolute atomic E-state index is 0.0145. The molecule has 1 saturated heterocycles. The third-order valence-corrected chi connectivity index (χ3v) is 11.4. The van der Waals surface area contributed by atoms with Crippen LogP contribution in [0.5, 0.6) is 23.0 Å². The summed E-state index contributed by atoms with van der Waals surface area (Å²) in [7, 11) is 5.88. The lowest BCUT2D eigenvalue weighted by molar-refractivity contribution is -0.149. The zero-order valence-corrected chi connectivity index (χ0v) is 36.7. The summed E-state index contributed by atoms with van der Waals surface area (Å²) in [4.78, 5) is 102. The highest BCUT2D eigenvalue weighted by Gasteiger charge is 2.39. The molecule has 3 aromatic carbocycles. The number of fused-ring (bicyclic) bond motifs is 2. The van der Waals surface area contributed by atoms with E-state index >= 15 is 0 Å². The van der Waals surface area contributed by atoms with Crippen LogP contribution in [0.2, 0.25) is 0 Å². The van der Waals surface area contributed by atoms with Crippen molar-refractivity contribution < 1.29 is 47.8 Å². The zero-order valence-electron chi connectivity index (χ0n) is 36.7. The SMILES string of the molecule is CCCCCC(=O)Oc1ccc2cc1Oc1ccc(cc1)CC1C(=O)N(C)C(C2)C(=O)NC(C)C(=O)NC(C)C(=O)N(C)C(Cc2ccc(OC)cc2)C(=O)NC(C)C(=O)N1C. The molecule has 1 fully saturated rings. The lowest BCUT2D eigenvalue weighted by atomic mass is 9.98. The van der Waals surface area contributed by atoms with Crippen molar-refractivity contribution in [3.63, 3.8) is 0 Å². The molecule has 62 heavy (non-hydrogen) atoms. The van der Waals surface area contributed by atoms with E-state index in [2.05, 4.69) is 16.0 Å².